The van der Waals surface area contributed by atoms with Gasteiger partial charge >= 0.3 is 0 Å². The zero-order valence-electron chi connectivity index (χ0n) is 19.1. The molecule has 0 radical (unpaired) electrons. The van der Waals surface area contributed by atoms with E-state index in [2.05, 4.69) is 53.1 Å². The van der Waals surface area contributed by atoms with Gasteiger partial charge in [0.25, 0.3) is 11.8 Å². The van der Waals surface area contributed by atoms with Crippen molar-refractivity contribution in [2.45, 2.75) is 13.5 Å². The predicted molar refractivity (Wildman–Crippen MR) is 154 cm³/mol. The van der Waals surface area contributed by atoms with E-state index in [1.165, 1.54) is 18.1 Å². The van der Waals surface area contributed by atoms with Crippen LogP contribution in [0.5, 0.6) is 11.5 Å². The highest BCUT2D eigenvalue weighted by molar-refractivity contribution is 9.11. The molecule has 6 nitrogen and oxygen atoms in total. The van der Waals surface area contributed by atoms with Crippen molar-refractivity contribution in [3.8, 4) is 11.5 Å². The van der Waals surface area contributed by atoms with Crippen LogP contribution in [-0.4, -0.2) is 24.0 Å². The lowest BCUT2D eigenvalue weighted by atomic mass is 10.1. The first kappa shape index (κ1) is 26.5. The van der Waals surface area contributed by atoms with Crippen molar-refractivity contribution in [1.29, 1.82) is 0 Å². The zero-order valence-corrected chi connectivity index (χ0v) is 24.7. The van der Waals surface area contributed by atoms with E-state index in [1.54, 1.807) is 24.3 Å². The van der Waals surface area contributed by atoms with Gasteiger partial charge in [0.15, 0.2) is 16.6 Å². The molecule has 1 N–H and O–H groups in total. The number of carbonyl (C=O) groups excluding carboxylic acids is 2. The molecular weight excluding hydrogens is 676 g/mol. The number of aryl methyl sites for hydroxylation is 1. The van der Waals surface area contributed by atoms with E-state index in [-0.39, 0.29) is 10.7 Å². The van der Waals surface area contributed by atoms with Crippen LogP contribution < -0.4 is 19.7 Å². The largest absolute Gasteiger partial charge is 0.493 e. The average Bonchev–Trinajstić information content (AvgIpc) is 2.82. The van der Waals surface area contributed by atoms with Gasteiger partial charge in [-0.25, -0.2) is 0 Å². The first-order chi connectivity index (χ1) is 17.2. The van der Waals surface area contributed by atoms with Crippen LogP contribution in [0.4, 0.5) is 5.69 Å². The van der Waals surface area contributed by atoms with Crippen LogP contribution in [0.3, 0.4) is 0 Å². The third-order valence-corrected chi connectivity index (χ3v) is 7.41. The van der Waals surface area contributed by atoms with Crippen LogP contribution in [0.2, 0.25) is 0 Å². The first-order valence-corrected chi connectivity index (χ1v) is 13.4. The number of hydrogen-bond donors (Lipinski definition) is 1. The number of thiocarbonyl (C=S) groups is 1. The second-order valence-corrected chi connectivity index (χ2v) is 10.9. The minimum absolute atomic E-state index is 0.0352. The van der Waals surface area contributed by atoms with E-state index < -0.39 is 11.8 Å². The summed E-state index contributed by atoms with van der Waals surface area (Å²) in [6.45, 7) is 2.19. The maximum Gasteiger partial charge on any atom is 0.270 e. The molecule has 1 heterocycles. The Labute approximate surface area is 239 Å². The number of hydrogen-bond acceptors (Lipinski definition) is 5. The number of ether oxygens (including phenoxy) is 2. The molecular formula is C26H19Br3N2O4S. The molecule has 1 saturated heterocycles. The van der Waals surface area contributed by atoms with Crippen LogP contribution in [-0.2, 0) is 16.2 Å². The van der Waals surface area contributed by atoms with Crippen molar-refractivity contribution in [2.75, 3.05) is 12.0 Å². The Balaban J connectivity index is 1.61. The summed E-state index contributed by atoms with van der Waals surface area (Å²) in [6.07, 6.45) is 1.51. The summed E-state index contributed by atoms with van der Waals surface area (Å²) in [7, 11) is 1.53. The number of methoxy groups -OCH3 is 1. The molecule has 3 aromatic carbocycles. The summed E-state index contributed by atoms with van der Waals surface area (Å²) in [4.78, 5) is 27.4. The van der Waals surface area contributed by atoms with Gasteiger partial charge in [-0.1, -0.05) is 59.9 Å². The predicted octanol–water partition coefficient (Wildman–Crippen LogP) is 6.70. The van der Waals surface area contributed by atoms with Crippen LogP contribution in [0.25, 0.3) is 6.08 Å². The highest BCUT2D eigenvalue weighted by atomic mass is 79.9. The minimum atomic E-state index is -0.560. The number of halogens is 3. The van der Waals surface area contributed by atoms with Gasteiger partial charge in [0.2, 0.25) is 0 Å². The standard InChI is InChI=1S/C26H19Br3N2O4S/c1-14-9-17(27)6-7-21(14)31-25(33)19(24(32)30-26(31)36)10-15-3-8-22(23(11-15)34-2)35-13-16-4-5-18(28)12-20(16)29/h3-12H,13H2,1-2H3,(H,30,32,36)/b19-10+. The van der Waals surface area contributed by atoms with Crippen LogP contribution >= 0.6 is 60.0 Å². The Morgan fingerprint density at radius 1 is 0.972 bits per heavy atom. The highest BCUT2D eigenvalue weighted by Crippen LogP contribution is 2.32. The Morgan fingerprint density at radius 2 is 1.69 bits per heavy atom. The second kappa shape index (κ2) is 11.2. The van der Waals surface area contributed by atoms with Crippen molar-refractivity contribution >= 4 is 88.7 Å². The topological polar surface area (TPSA) is 67.9 Å². The Kier molecular flexibility index (Phi) is 8.29. The van der Waals surface area contributed by atoms with Crippen LogP contribution in [0.15, 0.2) is 73.6 Å². The van der Waals surface area contributed by atoms with E-state index in [1.807, 2.05) is 37.3 Å². The minimum Gasteiger partial charge on any atom is -0.493 e. The van der Waals surface area contributed by atoms with Crippen LogP contribution in [0, 0.1) is 6.92 Å². The molecule has 0 saturated carbocycles. The van der Waals surface area contributed by atoms with Crippen molar-refractivity contribution in [3.05, 3.63) is 90.3 Å². The van der Waals surface area contributed by atoms with E-state index in [0.717, 1.165) is 24.5 Å². The number of amides is 2. The second-order valence-electron chi connectivity index (χ2n) is 7.82. The normalized spacial score (nSPS) is 14.8. The smallest absolute Gasteiger partial charge is 0.270 e. The van der Waals surface area contributed by atoms with Crippen molar-refractivity contribution in [1.82, 2.24) is 5.32 Å². The molecule has 4 rings (SSSR count). The summed E-state index contributed by atoms with van der Waals surface area (Å²) >= 11 is 15.7. The van der Waals surface area contributed by atoms with Gasteiger partial charge in [-0.2, -0.15) is 0 Å². The summed E-state index contributed by atoms with van der Waals surface area (Å²) in [6, 6.07) is 16.5. The summed E-state index contributed by atoms with van der Waals surface area (Å²) in [5, 5.41) is 2.65. The SMILES string of the molecule is COc1cc(/C=C2\C(=O)NC(=S)N(c3ccc(Br)cc3C)C2=O)ccc1OCc1ccc(Br)cc1Br. The molecule has 3 aromatic rings. The molecule has 0 spiro atoms. The third-order valence-electron chi connectivity index (χ3n) is 5.40. The molecule has 2 amide bonds. The summed E-state index contributed by atoms with van der Waals surface area (Å²) < 4.78 is 14.2. The maximum absolute atomic E-state index is 13.4. The molecule has 0 aromatic heterocycles. The van der Waals surface area contributed by atoms with E-state index in [9.17, 15) is 9.59 Å². The van der Waals surface area contributed by atoms with Gasteiger partial charge in [0, 0.05) is 19.0 Å². The zero-order chi connectivity index (χ0) is 26.0. The number of carbonyl (C=O) groups is 2. The lowest BCUT2D eigenvalue weighted by molar-refractivity contribution is -0.122. The van der Waals surface area contributed by atoms with E-state index >= 15 is 0 Å². The molecule has 1 aliphatic heterocycles. The lowest BCUT2D eigenvalue weighted by Gasteiger charge is -2.30. The molecule has 36 heavy (non-hydrogen) atoms. The molecule has 0 atom stereocenters. The molecule has 0 bridgehead atoms. The Hall–Kier alpha value is -2.53. The number of benzene rings is 3. The fourth-order valence-corrected chi connectivity index (χ4v) is 5.51. The van der Waals surface area contributed by atoms with Gasteiger partial charge in [0.1, 0.15) is 12.2 Å². The summed E-state index contributed by atoms with van der Waals surface area (Å²) in [5.41, 5.74) is 2.95. The van der Waals surface area contributed by atoms with Gasteiger partial charge in [0.05, 0.1) is 12.8 Å². The van der Waals surface area contributed by atoms with Gasteiger partial charge < -0.3 is 9.47 Å². The molecule has 10 heteroatoms. The number of nitrogens with one attached hydrogen (secondary N) is 1. The fraction of sp³-hybridized carbons (Fsp3) is 0.115. The van der Waals surface area contributed by atoms with Gasteiger partial charge in [-0.3, -0.25) is 19.8 Å². The number of rotatable bonds is 6. The van der Waals surface area contributed by atoms with E-state index in [0.29, 0.717) is 29.4 Å². The van der Waals surface area contributed by atoms with E-state index in [4.69, 9.17) is 21.7 Å². The number of nitrogens with zero attached hydrogens (tertiary/aromatic N) is 1. The average molecular weight is 695 g/mol. The molecule has 184 valence electrons. The third kappa shape index (κ3) is 5.72. The van der Waals surface area contributed by atoms with Crippen LogP contribution in [0.1, 0.15) is 16.7 Å². The highest BCUT2D eigenvalue weighted by Gasteiger charge is 2.35. The Morgan fingerprint density at radius 3 is 2.39 bits per heavy atom. The number of anilines is 1. The van der Waals surface area contributed by atoms with Crippen molar-refractivity contribution in [2.24, 2.45) is 0 Å². The molecule has 0 unspecified atom stereocenters. The monoisotopic (exact) mass is 692 g/mol. The van der Waals surface area contributed by atoms with Gasteiger partial charge in [-0.05, 0) is 78.8 Å². The molecule has 1 fully saturated rings. The maximum atomic E-state index is 13.4. The van der Waals surface area contributed by atoms with Gasteiger partial charge in [-0.15, -0.1) is 0 Å². The fourth-order valence-electron chi connectivity index (χ4n) is 3.60. The lowest BCUT2D eigenvalue weighted by Crippen LogP contribution is -2.54. The quantitative estimate of drug-likeness (QED) is 0.177. The summed E-state index contributed by atoms with van der Waals surface area (Å²) in [5.74, 6) is -0.0662. The van der Waals surface area contributed by atoms with Crippen molar-refractivity contribution in [3.63, 3.8) is 0 Å². The van der Waals surface area contributed by atoms with Crippen molar-refractivity contribution < 1.29 is 19.1 Å². The Bertz CT molecular complexity index is 1420. The first-order valence-electron chi connectivity index (χ1n) is 10.6. The molecule has 1 aliphatic rings. The molecule has 0 aliphatic carbocycles.